The monoisotopic (exact) mass is 489 g/mol. The zero-order chi connectivity index (χ0) is 25.5. The molecule has 0 unspecified atom stereocenters. The minimum atomic E-state index is -3.76. The van der Waals surface area contributed by atoms with Crippen LogP contribution in [0.2, 0.25) is 0 Å². The molecule has 1 atom stereocenters. The maximum Gasteiger partial charge on any atom is 0.244 e. The lowest BCUT2D eigenvalue weighted by molar-refractivity contribution is -0.140. The first-order valence-electron chi connectivity index (χ1n) is 11.3. The van der Waals surface area contributed by atoms with Crippen LogP contribution in [0.4, 0.5) is 5.69 Å². The molecule has 2 aromatic carbocycles. The van der Waals surface area contributed by atoms with E-state index < -0.39 is 28.5 Å². The molecule has 2 amide bonds. The van der Waals surface area contributed by atoms with Crippen molar-refractivity contribution in [3.8, 4) is 5.75 Å². The van der Waals surface area contributed by atoms with Crippen LogP contribution in [-0.2, 0) is 26.2 Å². The third kappa shape index (κ3) is 7.21. The third-order valence-corrected chi connectivity index (χ3v) is 6.54. The van der Waals surface area contributed by atoms with Crippen molar-refractivity contribution in [1.29, 1.82) is 0 Å². The summed E-state index contributed by atoms with van der Waals surface area (Å²) in [5, 5.41) is 2.78. The summed E-state index contributed by atoms with van der Waals surface area (Å²) in [7, 11) is -2.21. The van der Waals surface area contributed by atoms with Crippen LogP contribution in [-0.4, -0.2) is 57.6 Å². The van der Waals surface area contributed by atoms with Gasteiger partial charge < -0.3 is 15.0 Å². The molecule has 0 saturated heterocycles. The summed E-state index contributed by atoms with van der Waals surface area (Å²) in [5.41, 5.74) is 2.96. The van der Waals surface area contributed by atoms with Gasteiger partial charge in [-0.15, -0.1) is 0 Å². The van der Waals surface area contributed by atoms with E-state index in [2.05, 4.69) is 5.32 Å². The van der Waals surface area contributed by atoms with Gasteiger partial charge >= 0.3 is 0 Å². The Balaban J connectivity index is 2.47. The van der Waals surface area contributed by atoms with Crippen LogP contribution in [0.5, 0.6) is 5.75 Å². The van der Waals surface area contributed by atoms with Crippen LogP contribution in [0.25, 0.3) is 0 Å². The summed E-state index contributed by atoms with van der Waals surface area (Å²) in [6, 6.07) is 11.9. The van der Waals surface area contributed by atoms with E-state index in [1.165, 1.54) is 4.90 Å². The second-order valence-corrected chi connectivity index (χ2v) is 10.2. The Bertz CT molecular complexity index is 1100. The van der Waals surface area contributed by atoms with Crippen molar-refractivity contribution in [3.63, 3.8) is 0 Å². The van der Waals surface area contributed by atoms with Gasteiger partial charge in [0.25, 0.3) is 0 Å². The molecule has 0 aromatic heterocycles. The molecule has 2 aromatic rings. The number of carbonyl (C=O) groups is 2. The Morgan fingerprint density at radius 1 is 1.06 bits per heavy atom. The molecule has 0 aliphatic heterocycles. The molecular formula is C25H35N3O5S. The number of hydrogen-bond acceptors (Lipinski definition) is 5. The van der Waals surface area contributed by atoms with E-state index in [-0.39, 0.29) is 12.5 Å². The number of rotatable bonds is 11. The number of ether oxygens (including phenoxy) is 1. The second-order valence-electron chi connectivity index (χ2n) is 8.31. The lowest BCUT2D eigenvalue weighted by Gasteiger charge is -2.33. The van der Waals surface area contributed by atoms with Gasteiger partial charge in [-0.2, -0.15) is 0 Å². The van der Waals surface area contributed by atoms with Gasteiger partial charge in [0.2, 0.25) is 21.8 Å². The van der Waals surface area contributed by atoms with Gasteiger partial charge in [-0.25, -0.2) is 8.42 Å². The Hall–Kier alpha value is -3.07. The first-order valence-corrected chi connectivity index (χ1v) is 13.1. The highest BCUT2D eigenvalue weighted by Gasteiger charge is 2.31. The molecule has 0 fully saturated rings. The number of sulfonamides is 1. The number of aryl methyl sites for hydroxylation is 2. The lowest BCUT2D eigenvalue weighted by atomic mass is 10.1. The molecule has 8 nitrogen and oxygen atoms in total. The van der Waals surface area contributed by atoms with Crippen LogP contribution in [0.15, 0.2) is 42.5 Å². The molecule has 9 heteroatoms. The molecule has 0 aliphatic rings. The molecule has 186 valence electrons. The van der Waals surface area contributed by atoms with Crippen molar-refractivity contribution < 1.29 is 22.7 Å². The number of benzene rings is 2. The van der Waals surface area contributed by atoms with E-state index >= 15 is 0 Å². The summed E-state index contributed by atoms with van der Waals surface area (Å²) in [6.45, 7) is 7.52. The van der Waals surface area contributed by atoms with Crippen molar-refractivity contribution >= 4 is 27.5 Å². The first-order chi connectivity index (χ1) is 16.0. The second kappa shape index (κ2) is 11.9. The molecule has 0 radical (unpaired) electrons. The third-order valence-electron chi connectivity index (χ3n) is 5.40. The van der Waals surface area contributed by atoms with Crippen LogP contribution < -0.4 is 14.4 Å². The van der Waals surface area contributed by atoms with Gasteiger partial charge in [-0.3, -0.25) is 13.9 Å². The minimum Gasteiger partial charge on any atom is -0.497 e. The zero-order valence-electron chi connectivity index (χ0n) is 20.8. The van der Waals surface area contributed by atoms with Crippen molar-refractivity contribution in [2.45, 2.75) is 46.7 Å². The minimum absolute atomic E-state index is 0.135. The van der Waals surface area contributed by atoms with E-state index in [4.69, 9.17) is 4.74 Å². The average molecular weight is 490 g/mol. The topological polar surface area (TPSA) is 96.0 Å². The predicted molar refractivity (Wildman–Crippen MR) is 134 cm³/mol. The summed E-state index contributed by atoms with van der Waals surface area (Å²) in [4.78, 5) is 27.9. The smallest absolute Gasteiger partial charge is 0.244 e. The summed E-state index contributed by atoms with van der Waals surface area (Å²) >= 11 is 0. The normalized spacial score (nSPS) is 12.1. The largest absolute Gasteiger partial charge is 0.497 e. The number of likely N-dealkylation sites (N-methyl/N-ethyl adjacent to an activating group) is 1. The van der Waals surface area contributed by atoms with Gasteiger partial charge in [-0.05, 0) is 68.1 Å². The maximum atomic E-state index is 13.6. The highest BCUT2D eigenvalue weighted by Crippen LogP contribution is 2.23. The van der Waals surface area contributed by atoms with Crippen molar-refractivity contribution in [2.75, 3.05) is 30.8 Å². The maximum absolute atomic E-state index is 13.6. The van der Waals surface area contributed by atoms with Gasteiger partial charge in [0.15, 0.2) is 0 Å². The molecule has 0 saturated carbocycles. The molecule has 2 rings (SSSR count). The quantitative estimate of drug-likeness (QED) is 0.523. The van der Waals surface area contributed by atoms with Crippen molar-refractivity contribution in [2.24, 2.45) is 0 Å². The molecule has 34 heavy (non-hydrogen) atoms. The average Bonchev–Trinajstić information content (AvgIpc) is 2.76. The predicted octanol–water partition coefficient (Wildman–Crippen LogP) is 3.02. The molecule has 0 spiro atoms. The number of nitrogens with zero attached hydrogens (tertiary/aromatic N) is 2. The summed E-state index contributed by atoms with van der Waals surface area (Å²) in [5.74, 6) is -0.118. The van der Waals surface area contributed by atoms with E-state index in [1.807, 2.05) is 45.9 Å². The Labute approximate surface area is 202 Å². The number of methoxy groups -OCH3 is 1. The van der Waals surface area contributed by atoms with Gasteiger partial charge in [0.1, 0.15) is 18.3 Å². The van der Waals surface area contributed by atoms with Gasteiger partial charge in [-0.1, -0.05) is 25.1 Å². The zero-order valence-corrected chi connectivity index (χ0v) is 21.6. The molecular weight excluding hydrogens is 454 g/mol. The molecule has 0 aliphatic carbocycles. The lowest BCUT2D eigenvalue weighted by Crippen LogP contribution is -2.52. The standard InChI is InChI=1S/C25H35N3O5S/c1-7-23(25(30)26-8-2)27(16-20-10-9-11-22(15-20)33-5)24(29)17-28(34(6,31)32)21-13-18(3)12-19(4)14-21/h9-15,23H,7-8,16-17H2,1-6H3,(H,26,30)/t23-/m1/s1. The van der Waals surface area contributed by atoms with E-state index in [0.717, 1.165) is 27.3 Å². The summed E-state index contributed by atoms with van der Waals surface area (Å²) in [6.07, 6.45) is 1.45. The highest BCUT2D eigenvalue weighted by molar-refractivity contribution is 7.92. The van der Waals surface area contributed by atoms with E-state index in [9.17, 15) is 18.0 Å². The number of anilines is 1. The fraction of sp³-hybridized carbons (Fsp3) is 0.440. The SMILES string of the molecule is CCNC(=O)[C@@H](CC)N(Cc1cccc(OC)c1)C(=O)CN(c1cc(C)cc(C)c1)S(C)(=O)=O. The Kier molecular flexibility index (Phi) is 9.49. The van der Waals surface area contributed by atoms with Crippen LogP contribution in [0, 0.1) is 13.8 Å². The first kappa shape index (κ1) is 27.2. The van der Waals surface area contributed by atoms with Crippen molar-refractivity contribution in [3.05, 3.63) is 59.2 Å². The van der Waals surface area contributed by atoms with Crippen LogP contribution >= 0.6 is 0 Å². The number of carbonyl (C=O) groups excluding carboxylic acids is 2. The van der Waals surface area contributed by atoms with Crippen molar-refractivity contribution in [1.82, 2.24) is 10.2 Å². The summed E-state index contributed by atoms with van der Waals surface area (Å²) < 4.78 is 31.8. The van der Waals surface area contributed by atoms with Gasteiger partial charge in [0.05, 0.1) is 19.1 Å². The number of hydrogen-bond donors (Lipinski definition) is 1. The highest BCUT2D eigenvalue weighted by atomic mass is 32.2. The Morgan fingerprint density at radius 3 is 2.24 bits per heavy atom. The number of nitrogens with one attached hydrogen (secondary N) is 1. The fourth-order valence-electron chi connectivity index (χ4n) is 3.89. The van der Waals surface area contributed by atoms with E-state index in [1.54, 1.807) is 31.4 Å². The van der Waals surface area contributed by atoms with Crippen LogP contribution in [0.1, 0.15) is 37.0 Å². The molecule has 1 N–H and O–H groups in total. The van der Waals surface area contributed by atoms with E-state index in [0.29, 0.717) is 24.4 Å². The fourth-order valence-corrected chi connectivity index (χ4v) is 4.72. The van der Waals surface area contributed by atoms with Crippen LogP contribution in [0.3, 0.4) is 0 Å². The molecule has 0 heterocycles. The number of amides is 2. The molecule has 0 bridgehead atoms. The van der Waals surface area contributed by atoms with Gasteiger partial charge in [0, 0.05) is 13.1 Å². The Morgan fingerprint density at radius 2 is 1.71 bits per heavy atom.